The summed E-state index contributed by atoms with van der Waals surface area (Å²) < 4.78 is 25.8. The van der Waals surface area contributed by atoms with E-state index < -0.39 is 5.67 Å². The first-order chi connectivity index (χ1) is 9.18. The second-order valence-corrected chi connectivity index (χ2v) is 5.14. The third-order valence-corrected chi connectivity index (χ3v) is 3.33. The van der Waals surface area contributed by atoms with Gasteiger partial charge >= 0.3 is 0 Å². The first-order valence-electron chi connectivity index (χ1n) is 6.83. The van der Waals surface area contributed by atoms with Crippen LogP contribution >= 0.6 is 0 Å². The molecule has 0 bridgehead atoms. The second kappa shape index (κ2) is 6.35. The molecular weight excluding hydrogens is 245 g/mol. The Hall–Kier alpha value is -1.13. The molecule has 1 atom stereocenters. The SMILES string of the molecule is COCC(F)(CCCN)c1cccc(OC2CC2)c1. The van der Waals surface area contributed by atoms with Crippen molar-refractivity contribution in [1.29, 1.82) is 0 Å². The van der Waals surface area contributed by atoms with Gasteiger partial charge in [-0.05, 0) is 49.9 Å². The highest BCUT2D eigenvalue weighted by Crippen LogP contribution is 2.35. The first-order valence-corrected chi connectivity index (χ1v) is 6.83. The van der Waals surface area contributed by atoms with Gasteiger partial charge < -0.3 is 15.2 Å². The van der Waals surface area contributed by atoms with E-state index in [1.54, 1.807) is 12.1 Å². The molecule has 1 aliphatic carbocycles. The molecule has 0 aromatic heterocycles. The number of nitrogens with two attached hydrogens (primary N) is 1. The predicted octanol–water partition coefficient (Wildman–Crippen LogP) is 2.78. The highest BCUT2D eigenvalue weighted by atomic mass is 19.1. The lowest BCUT2D eigenvalue weighted by atomic mass is 9.91. The normalized spacial score (nSPS) is 18.1. The third-order valence-electron chi connectivity index (χ3n) is 3.33. The molecule has 0 aliphatic heterocycles. The molecule has 0 saturated heterocycles. The Kier molecular flexibility index (Phi) is 4.77. The van der Waals surface area contributed by atoms with E-state index in [9.17, 15) is 0 Å². The zero-order valence-electron chi connectivity index (χ0n) is 11.4. The number of alkyl halides is 1. The Labute approximate surface area is 113 Å². The average Bonchev–Trinajstić information content (AvgIpc) is 3.21. The summed E-state index contributed by atoms with van der Waals surface area (Å²) in [6, 6.07) is 7.28. The minimum absolute atomic E-state index is 0.0415. The van der Waals surface area contributed by atoms with Crippen molar-refractivity contribution in [2.45, 2.75) is 37.5 Å². The van der Waals surface area contributed by atoms with Crippen LogP contribution < -0.4 is 10.5 Å². The molecule has 19 heavy (non-hydrogen) atoms. The van der Waals surface area contributed by atoms with Crippen LogP contribution in [0.2, 0.25) is 0 Å². The summed E-state index contributed by atoms with van der Waals surface area (Å²) in [5, 5.41) is 0. The van der Waals surface area contributed by atoms with Crippen LogP contribution in [0.4, 0.5) is 4.39 Å². The maximum Gasteiger partial charge on any atom is 0.159 e. The lowest BCUT2D eigenvalue weighted by Crippen LogP contribution is -2.27. The molecule has 1 saturated carbocycles. The van der Waals surface area contributed by atoms with Gasteiger partial charge in [-0.15, -0.1) is 0 Å². The van der Waals surface area contributed by atoms with Gasteiger partial charge in [0.1, 0.15) is 5.75 Å². The van der Waals surface area contributed by atoms with Crippen LogP contribution in [0.5, 0.6) is 5.75 Å². The lowest BCUT2D eigenvalue weighted by Gasteiger charge is -2.25. The molecule has 0 heterocycles. The zero-order chi connectivity index (χ0) is 13.7. The van der Waals surface area contributed by atoms with E-state index in [-0.39, 0.29) is 6.61 Å². The number of hydrogen-bond donors (Lipinski definition) is 1. The van der Waals surface area contributed by atoms with Gasteiger partial charge in [-0.2, -0.15) is 0 Å². The smallest absolute Gasteiger partial charge is 0.159 e. The molecule has 1 aliphatic rings. The standard InChI is InChI=1S/C15H22FNO2/c1-18-11-15(16,8-3-9-17)12-4-2-5-14(10-12)19-13-6-7-13/h2,4-5,10,13H,3,6-9,11,17H2,1H3. The summed E-state index contributed by atoms with van der Waals surface area (Å²) in [5.74, 6) is 0.742. The Morgan fingerprint density at radius 3 is 2.84 bits per heavy atom. The first kappa shape index (κ1) is 14.3. The number of ether oxygens (including phenoxy) is 2. The number of hydrogen-bond acceptors (Lipinski definition) is 3. The van der Waals surface area contributed by atoms with Crippen molar-refractivity contribution in [2.75, 3.05) is 20.3 Å². The summed E-state index contributed by atoms with van der Waals surface area (Å²) in [5.41, 5.74) is 4.60. The fourth-order valence-electron chi connectivity index (χ4n) is 2.14. The van der Waals surface area contributed by atoms with Crippen LogP contribution in [0.15, 0.2) is 24.3 Å². The summed E-state index contributed by atoms with van der Waals surface area (Å²) in [4.78, 5) is 0. The van der Waals surface area contributed by atoms with Crippen molar-refractivity contribution >= 4 is 0 Å². The summed E-state index contributed by atoms with van der Waals surface area (Å²) in [6.45, 7) is 0.521. The molecule has 0 radical (unpaired) electrons. The molecule has 1 unspecified atom stereocenters. The minimum atomic E-state index is -1.49. The van der Waals surface area contributed by atoms with E-state index in [4.69, 9.17) is 15.2 Å². The lowest BCUT2D eigenvalue weighted by molar-refractivity contribution is 0.0302. The average molecular weight is 267 g/mol. The van der Waals surface area contributed by atoms with Gasteiger partial charge in [0, 0.05) is 7.11 Å². The molecule has 1 aromatic rings. The molecule has 3 nitrogen and oxygen atoms in total. The third kappa shape index (κ3) is 3.91. The number of benzene rings is 1. The molecule has 2 rings (SSSR count). The van der Waals surface area contributed by atoms with Crippen LogP contribution in [0, 0.1) is 0 Å². The molecule has 4 heteroatoms. The quantitative estimate of drug-likeness (QED) is 0.787. The van der Waals surface area contributed by atoms with E-state index in [0.29, 0.717) is 31.1 Å². The molecule has 1 aromatic carbocycles. The van der Waals surface area contributed by atoms with Crippen molar-refractivity contribution in [1.82, 2.24) is 0 Å². The van der Waals surface area contributed by atoms with Crippen molar-refractivity contribution < 1.29 is 13.9 Å². The predicted molar refractivity (Wildman–Crippen MR) is 73.0 cm³/mol. The fourth-order valence-corrected chi connectivity index (χ4v) is 2.14. The van der Waals surface area contributed by atoms with Crippen LogP contribution in [-0.2, 0) is 10.4 Å². The minimum Gasteiger partial charge on any atom is -0.490 e. The van der Waals surface area contributed by atoms with Gasteiger partial charge in [0.2, 0.25) is 0 Å². The molecular formula is C15H22FNO2. The van der Waals surface area contributed by atoms with E-state index in [1.807, 2.05) is 12.1 Å². The largest absolute Gasteiger partial charge is 0.490 e. The second-order valence-electron chi connectivity index (χ2n) is 5.14. The summed E-state index contributed by atoms with van der Waals surface area (Å²) in [6.07, 6.45) is 3.50. The van der Waals surface area contributed by atoms with Gasteiger partial charge in [-0.25, -0.2) is 4.39 Å². The van der Waals surface area contributed by atoms with Crippen molar-refractivity contribution in [3.05, 3.63) is 29.8 Å². The molecule has 2 N–H and O–H groups in total. The number of rotatable bonds is 8. The van der Waals surface area contributed by atoms with Gasteiger partial charge in [-0.3, -0.25) is 0 Å². The van der Waals surface area contributed by atoms with Crippen molar-refractivity contribution in [3.63, 3.8) is 0 Å². The maximum absolute atomic E-state index is 15.0. The fraction of sp³-hybridized carbons (Fsp3) is 0.600. The van der Waals surface area contributed by atoms with Gasteiger partial charge in [0.15, 0.2) is 5.67 Å². The molecule has 106 valence electrons. The molecule has 0 amide bonds. The Bertz CT molecular complexity index is 409. The number of halogens is 1. The number of methoxy groups -OCH3 is 1. The Morgan fingerprint density at radius 1 is 1.42 bits per heavy atom. The van der Waals surface area contributed by atoms with Crippen molar-refractivity contribution in [3.8, 4) is 5.75 Å². The van der Waals surface area contributed by atoms with E-state index >= 15 is 4.39 Å². The highest BCUT2D eigenvalue weighted by Gasteiger charge is 2.32. The van der Waals surface area contributed by atoms with Crippen LogP contribution in [0.3, 0.4) is 0 Å². The molecule has 0 spiro atoms. The van der Waals surface area contributed by atoms with E-state index in [1.165, 1.54) is 7.11 Å². The zero-order valence-corrected chi connectivity index (χ0v) is 11.4. The summed E-state index contributed by atoms with van der Waals surface area (Å²) >= 11 is 0. The topological polar surface area (TPSA) is 44.5 Å². The monoisotopic (exact) mass is 267 g/mol. The van der Waals surface area contributed by atoms with Gasteiger partial charge in [0.25, 0.3) is 0 Å². The van der Waals surface area contributed by atoms with E-state index in [0.717, 1.165) is 18.6 Å². The van der Waals surface area contributed by atoms with Crippen LogP contribution in [-0.4, -0.2) is 26.4 Å². The maximum atomic E-state index is 15.0. The van der Waals surface area contributed by atoms with Crippen LogP contribution in [0.25, 0.3) is 0 Å². The Morgan fingerprint density at radius 2 is 2.21 bits per heavy atom. The van der Waals surface area contributed by atoms with Crippen molar-refractivity contribution in [2.24, 2.45) is 5.73 Å². The van der Waals surface area contributed by atoms with Gasteiger partial charge in [0.05, 0.1) is 12.7 Å². The molecule has 1 fully saturated rings. The van der Waals surface area contributed by atoms with E-state index in [2.05, 4.69) is 0 Å². The summed E-state index contributed by atoms with van der Waals surface area (Å²) in [7, 11) is 1.52. The highest BCUT2D eigenvalue weighted by molar-refractivity contribution is 5.33. The van der Waals surface area contributed by atoms with Gasteiger partial charge in [-0.1, -0.05) is 12.1 Å². The Balaban J connectivity index is 2.14. The van der Waals surface area contributed by atoms with Crippen LogP contribution in [0.1, 0.15) is 31.2 Å².